The molecule has 8 heteroatoms. The van der Waals surface area contributed by atoms with Crippen LogP contribution in [0, 0.1) is 0 Å². The topological polar surface area (TPSA) is 108 Å². The fourth-order valence-corrected chi connectivity index (χ4v) is 4.01. The maximum atomic E-state index is 13.3. The maximum Gasteiger partial charge on any atom is 0.243 e. The number of methoxy groups -OCH3 is 1. The minimum absolute atomic E-state index is 0.0744. The van der Waals surface area contributed by atoms with Crippen LogP contribution in [-0.4, -0.2) is 30.0 Å². The molecule has 0 atom stereocenters. The highest BCUT2D eigenvalue weighted by atomic mass is 16.5. The van der Waals surface area contributed by atoms with Gasteiger partial charge in [-0.05, 0) is 48.2 Å². The Bertz CT molecular complexity index is 1180. The highest BCUT2D eigenvalue weighted by molar-refractivity contribution is 5.95. The molecule has 0 unspecified atom stereocenters. The number of hydrogen-bond donors (Lipinski definition) is 3. The second kappa shape index (κ2) is 14.4. The first kappa shape index (κ1) is 27.4. The van der Waals surface area contributed by atoms with Crippen LogP contribution in [-0.2, 0) is 27.3 Å². The Balaban J connectivity index is 1.70. The summed E-state index contributed by atoms with van der Waals surface area (Å²) >= 11 is 0. The summed E-state index contributed by atoms with van der Waals surface area (Å²) in [6.07, 6.45) is 2.66. The molecule has 0 saturated heterocycles. The van der Waals surface area contributed by atoms with E-state index in [9.17, 15) is 14.4 Å². The van der Waals surface area contributed by atoms with Crippen LogP contribution in [0.2, 0.25) is 0 Å². The Morgan fingerprint density at radius 3 is 2.27 bits per heavy atom. The van der Waals surface area contributed by atoms with Gasteiger partial charge in [0.1, 0.15) is 5.75 Å². The van der Waals surface area contributed by atoms with Gasteiger partial charge in [0.25, 0.3) is 0 Å². The van der Waals surface area contributed by atoms with Gasteiger partial charge in [-0.2, -0.15) is 0 Å². The minimum atomic E-state index is -0.433. The number of carbonyl (C=O) groups is 3. The third-order valence-corrected chi connectivity index (χ3v) is 5.86. The van der Waals surface area contributed by atoms with E-state index in [2.05, 4.69) is 5.32 Å². The van der Waals surface area contributed by atoms with Gasteiger partial charge >= 0.3 is 0 Å². The van der Waals surface area contributed by atoms with Gasteiger partial charge in [0, 0.05) is 18.5 Å². The number of unbranched alkanes of at least 4 members (excludes halogenated alkanes) is 2. The van der Waals surface area contributed by atoms with Gasteiger partial charge < -0.3 is 15.0 Å². The molecule has 0 aliphatic heterocycles. The van der Waals surface area contributed by atoms with Crippen LogP contribution in [0.4, 0.5) is 11.4 Å². The van der Waals surface area contributed by atoms with E-state index in [0.29, 0.717) is 49.4 Å². The standard InChI is InChI=1S/C29H33N3O5/c1-37-26-16-9-8-15-25(26)32(29(35)18-7-3-6-17-27(33)31-36)21-23-13-10-14-24(19-23)30-28(34)20-22-11-4-2-5-12-22/h2,4-5,8-16,19,36H,3,6-7,17-18,20-21H2,1H3,(H,30,34)(H,31,33). The van der Waals surface area contributed by atoms with Gasteiger partial charge in [0.05, 0.1) is 25.8 Å². The van der Waals surface area contributed by atoms with Crippen LogP contribution < -0.4 is 20.4 Å². The molecule has 3 aromatic carbocycles. The molecule has 3 amide bonds. The summed E-state index contributed by atoms with van der Waals surface area (Å²) in [5, 5.41) is 11.5. The molecule has 0 aromatic heterocycles. The minimum Gasteiger partial charge on any atom is -0.495 e. The molecular formula is C29H33N3O5. The van der Waals surface area contributed by atoms with E-state index in [-0.39, 0.29) is 24.7 Å². The summed E-state index contributed by atoms with van der Waals surface area (Å²) in [5.41, 5.74) is 4.73. The first-order valence-electron chi connectivity index (χ1n) is 12.3. The van der Waals surface area contributed by atoms with Crippen molar-refractivity contribution in [3.05, 3.63) is 90.0 Å². The molecule has 3 rings (SSSR count). The number of nitrogens with zero attached hydrogens (tertiary/aromatic N) is 1. The number of carbonyl (C=O) groups excluding carboxylic acids is 3. The monoisotopic (exact) mass is 503 g/mol. The Labute approximate surface area is 217 Å². The van der Waals surface area contributed by atoms with Gasteiger partial charge in [-0.3, -0.25) is 19.6 Å². The lowest BCUT2D eigenvalue weighted by Crippen LogP contribution is -2.30. The Kier molecular flexibility index (Phi) is 10.7. The van der Waals surface area contributed by atoms with Crippen LogP contribution in [0.5, 0.6) is 5.75 Å². The highest BCUT2D eigenvalue weighted by Crippen LogP contribution is 2.30. The van der Waals surface area contributed by atoms with Crippen molar-refractivity contribution in [3.8, 4) is 5.75 Å². The molecule has 0 fully saturated rings. The smallest absolute Gasteiger partial charge is 0.243 e. The van der Waals surface area contributed by atoms with E-state index in [0.717, 1.165) is 11.1 Å². The molecule has 0 saturated carbocycles. The lowest BCUT2D eigenvalue weighted by Gasteiger charge is -2.25. The molecule has 0 bridgehead atoms. The molecule has 37 heavy (non-hydrogen) atoms. The van der Waals surface area contributed by atoms with Crippen molar-refractivity contribution < 1.29 is 24.3 Å². The van der Waals surface area contributed by atoms with Crippen LogP contribution in [0.15, 0.2) is 78.9 Å². The van der Waals surface area contributed by atoms with Crippen LogP contribution in [0.3, 0.4) is 0 Å². The summed E-state index contributed by atoms with van der Waals surface area (Å²) < 4.78 is 5.51. The Morgan fingerprint density at radius 1 is 0.811 bits per heavy atom. The fourth-order valence-electron chi connectivity index (χ4n) is 4.01. The van der Waals surface area contributed by atoms with Crippen LogP contribution in [0.25, 0.3) is 0 Å². The predicted octanol–water partition coefficient (Wildman–Crippen LogP) is 4.87. The quantitative estimate of drug-likeness (QED) is 0.175. The predicted molar refractivity (Wildman–Crippen MR) is 142 cm³/mol. The SMILES string of the molecule is COc1ccccc1N(Cc1cccc(NC(=O)Cc2ccccc2)c1)C(=O)CCCCCC(=O)NO. The summed E-state index contributed by atoms with van der Waals surface area (Å²) in [6.45, 7) is 0.300. The molecule has 3 N–H and O–H groups in total. The second-order valence-corrected chi connectivity index (χ2v) is 8.66. The van der Waals surface area contributed by atoms with Crippen molar-refractivity contribution in [2.75, 3.05) is 17.3 Å². The average molecular weight is 504 g/mol. The van der Waals surface area contributed by atoms with Crippen molar-refractivity contribution in [2.24, 2.45) is 0 Å². The number of benzene rings is 3. The molecule has 0 heterocycles. The number of anilines is 2. The zero-order valence-corrected chi connectivity index (χ0v) is 21.0. The van der Waals surface area contributed by atoms with Crippen molar-refractivity contribution in [2.45, 2.75) is 45.1 Å². The molecule has 8 nitrogen and oxygen atoms in total. The van der Waals surface area contributed by atoms with Crippen LogP contribution >= 0.6 is 0 Å². The number of rotatable bonds is 13. The second-order valence-electron chi connectivity index (χ2n) is 8.66. The van der Waals surface area contributed by atoms with Crippen molar-refractivity contribution in [3.63, 3.8) is 0 Å². The molecular weight excluding hydrogens is 470 g/mol. The van der Waals surface area contributed by atoms with E-state index in [4.69, 9.17) is 9.94 Å². The van der Waals surface area contributed by atoms with Crippen LogP contribution in [0.1, 0.15) is 43.2 Å². The van der Waals surface area contributed by atoms with Crippen molar-refractivity contribution in [1.29, 1.82) is 0 Å². The third-order valence-electron chi connectivity index (χ3n) is 5.86. The van der Waals surface area contributed by atoms with Crippen molar-refractivity contribution >= 4 is 29.1 Å². The summed E-state index contributed by atoms with van der Waals surface area (Å²) in [6, 6.07) is 24.3. The van der Waals surface area contributed by atoms with Gasteiger partial charge in [-0.15, -0.1) is 0 Å². The first-order chi connectivity index (χ1) is 18.0. The highest BCUT2D eigenvalue weighted by Gasteiger charge is 2.20. The van der Waals surface area contributed by atoms with Gasteiger partial charge in [-0.25, -0.2) is 5.48 Å². The van der Waals surface area contributed by atoms with Gasteiger partial charge in [-0.1, -0.05) is 61.0 Å². The normalized spacial score (nSPS) is 10.4. The van der Waals surface area contributed by atoms with Gasteiger partial charge in [0.15, 0.2) is 0 Å². The third kappa shape index (κ3) is 8.77. The Hall–Kier alpha value is -4.17. The zero-order valence-electron chi connectivity index (χ0n) is 21.0. The summed E-state index contributed by atoms with van der Waals surface area (Å²) in [4.78, 5) is 38.7. The molecule has 0 radical (unpaired) electrons. The fraction of sp³-hybridized carbons (Fsp3) is 0.276. The van der Waals surface area contributed by atoms with Gasteiger partial charge in [0.2, 0.25) is 17.7 Å². The van der Waals surface area contributed by atoms with E-state index < -0.39 is 5.91 Å². The summed E-state index contributed by atoms with van der Waals surface area (Å²) in [5.74, 6) is -0.0361. The molecule has 194 valence electrons. The van der Waals surface area contributed by atoms with E-state index >= 15 is 0 Å². The molecule has 0 aliphatic rings. The van der Waals surface area contributed by atoms with Crippen molar-refractivity contribution in [1.82, 2.24) is 5.48 Å². The summed E-state index contributed by atoms with van der Waals surface area (Å²) in [7, 11) is 1.57. The lowest BCUT2D eigenvalue weighted by molar-refractivity contribution is -0.129. The average Bonchev–Trinajstić information content (AvgIpc) is 2.92. The molecule has 3 aromatic rings. The lowest BCUT2D eigenvalue weighted by atomic mass is 10.1. The molecule has 0 spiro atoms. The number of nitrogens with one attached hydrogen (secondary N) is 2. The number of ether oxygens (including phenoxy) is 1. The molecule has 0 aliphatic carbocycles. The zero-order chi connectivity index (χ0) is 26.5. The maximum absolute atomic E-state index is 13.3. The number of hydroxylamine groups is 1. The van der Waals surface area contributed by atoms with E-state index in [1.54, 1.807) is 17.5 Å². The largest absolute Gasteiger partial charge is 0.495 e. The number of amides is 3. The Morgan fingerprint density at radius 2 is 1.51 bits per heavy atom. The number of hydrogen-bond acceptors (Lipinski definition) is 5. The van der Waals surface area contributed by atoms with E-state index in [1.165, 1.54) is 0 Å². The van der Waals surface area contributed by atoms with E-state index in [1.807, 2.05) is 78.9 Å². The first-order valence-corrected chi connectivity index (χ1v) is 12.3. The number of para-hydroxylation sites is 2.